The third-order valence-electron chi connectivity index (χ3n) is 0.238. The normalized spacial score (nSPS) is 5.57. The Labute approximate surface area is 100 Å². The molecule has 0 rings (SSSR count). The van der Waals surface area contributed by atoms with E-state index in [-0.39, 0.29) is 62.4 Å². The fourth-order valence-corrected chi connectivity index (χ4v) is 0. The quantitative estimate of drug-likeness (QED) is 0.339. The molecule has 0 aromatic carbocycles. The van der Waals surface area contributed by atoms with Crippen LogP contribution in [0.4, 0.5) is 4.79 Å². The van der Waals surface area contributed by atoms with Crippen molar-refractivity contribution in [3.63, 3.8) is 0 Å². The monoisotopic (exact) mass is 256 g/mol. The van der Waals surface area contributed by atoms with E-state index in [0.29, 0.717) is 0 Å². The summed E-state index contributed by atoms with van der Waals surface area (Å²) in [6.45, 7) is 0. The molecule has 0 saturated heterocycles. The summed E-state index contributed by atoms with van der Waals surface area (Å²) >= 11 is 0. The number of carboxylic acid groups (broad SMARTS) is 1. The summed E-state index contributed by atoms with van der Waals surface area (Å²) < 4.78 is 9.36. The van der Waals surface area contributed by atoms with Gasteiger partial charge in [0.15, 0.2) is 5.71 Å². The van der Waals surface area contributed by atoms with E-state index in [2.05, 4.69) is 0 Å². The molecular weight excluding hydrogens is 242 g/mol. The summed E-state index contributed by atoms with van der Waals surface area (Å²) in [4.78, 5) is 24.2. The van der Waals surface area contributed by atoms with Gasteiger partial charge in [-0.1, -0.05) is 0 Å². The zero-order chi connectivity index (χ0) is 6.08. The Morgan fingerprint density at radius 2 is 1.00 bits per heavy atom. The molecule has 0 saturated carbocycles. The SMILES string of the molecule is O.O.O.O.O.O.O=C([O-])P(=O)(O)O.[Na+]. The van der Waals surface area contributed by atoms with Crippen molar-refractivity contribution in [3.05, 3.63) is 0 Å². The molecule has 0 bridgehead atoms. The summed E-state index contributed by atoms with van der Waals surface area (Å²) in [6.07, 6.45) is 0. The second-order valence-corrected chi connectivity index (χ2v) is 2.26. The van der Waals surface area contributed by atoms with Crippen LogP contribution in [0.3, 0.4) is 0 Å². The molecule has 0 amide bonds. The molecule has 0 aromatic heterocycles. The van der Waals surface area contributed by atoms with E-state index >= 15 is 0 Å². The van der Waals surface area contributed by atoms with Crippen LogP contribution in [0.25, 0.3) is 0 Å². The number of hydrogen-bond donors (Lipinski definition) is 2. The molecule has 14 heavy (non-hydrogen) atoms. The van der Waals surface area contributed by atoms with Crippen molar-refractivity contribution < 1.29 is 86.7 Å². The van der Waals surface area contributed by atoms with Crippen LogP contribution >= 0.6 is 7.60 Å². The Morgan fingerprint density at radius 1 is 0.929 bits per heavy atom. The predicted molar refractivity (Wildman–Crippen MR) is 39.1 cm³/mol. The van der Waals surface area contributed by atoms with Crippen molar-refractivity contribution in [1.82, 2.24) is 0 Å². The zero-order valence-corrected chi connectivity index (χ0v) is 9.96. The van der Waals surface area contributed by atoms with Crippen molar-refractivity contribution in [3.8, 4) is 0 Å². The van der Waals surface area contributed by atoms with Gasteiger partial charge in [0.05, 0.1) is 0 Å². The fourth-order valence-electron chi connectivity index (χ4n) is 0. The molecule has 90 valence electrons. The van der Waals surface area contributed by atoms with E-state index in [4.69, 9.17) is 19.7 Å². The van der Waals surface area contributed by atoms with Gasteiger partial charge in [0.25, 0.3) is 0 Å². The molecule has 0 aliphatic heterocycles. The first-order chi connectivity index (χ1) is 2.94. The summed E-state index contributed by atoms with van der Waals surface area (Å²) in [5.74, 6) is 0. The second-order valence-electron chi connectivity index (χ2n) is 0.810. The summed E-state index contributed by atoms with van der Waals surface area (Å²) in [6, 6.07) is 0. The summed E-state index contributed by atoms with van der Waals surface area (Å²) in [5, 5.41) is 9.15. The Morgan fingerprint density at radius 3 is 1.00 bits per heavy atom. The van der Waals surface area contributed by atoms with Gasteiger partial charge in [-0.05, 0) is 0 Å². The molecule has 0 fully saturated rings. The van der Waals surface area contributed by atoms with Crippen LogP contribution in [0.2, 0.25) is 0 Å². The molecule has 0 aromatic rings. The van der Waals surface area contributed by atoms with Gasteiger partial charge in [0, 0.05) is 0 Å². The molecule has 14 N–H and O–H groups in total. The first-order valence-electron chi connectivity index (χ1n) is 1.21. The molecule has 0 unspecified atom stereocenters. The van der Waals surface area contributed by atoms with Crippen molar-refractivity contribution in [2.45, 2.75) is 0 Å². The van der Waals surface area contributed by atoms with Gasteiger partial charge in [-0.2, -0.15) is 0 Å². The molecule has 0 aliphatic rings. The maximum atomic E-state index is 9.36. The van der Waals surface area contributed by atoms with Crippen molar-refractivity contribution >= 4 is 13.3 Å². The molecule has 0 spiro atoms. The standard InChI is InChI=1S/CH3O5P.Na.6H2O/c2-1(3)7(4,5)6;;;;;;;/h(H,2,3)(H2,4,5,6);;6*1H2/q;+1;;;;;;/p-1. The number of rotatable bonds is 1. The summed E-state index contributed by atoms with van der Waals surface area (Å²) in [7, 11) is -4.93. The van der Waals surface area contributed by atoms with E-state index < -0.39 is 13.3 Å². The van der Waals surface area contributed by atoms with Crippen LogP contribution in [0, 0.1) is 0 Å². The smallest absolute Gasteiger partial charge is 0.538 e. The Balaban J connectivity index is -0.00000000857. The Kier molecular flexibility index (Phi) is 105. The van der Waals surface area contributed by atoms with Crippen molar-refractivity contribution in [2.75, 3.05) is 0 Å². The molecule has 13 heteroatoms. The zero-order valence-electron chi connectivity index (χ0n) is 7.07. The minimum absolute atomic E-state index is 0. The van der Waals surface area contributed by atoms with Crippen LogP contribution < -0.4 is 34.7 Å². The van der Waals surface area contributed by atoms with Gasteiger partial charge in [-0.25, -0.2) is 0 Å². The first kappa shape index (κ1) is 63.2. The van der Waals surface area contributed by atoms with Gasteiger partial charge in [-0.15, -0.1) is 0 Å². The van der Waals surface area contributed by atoms with Gasteiger partial charge >= 0.3 is 37.2 Å². The molecule has 0 aliphatic carbocycles. The number of carbonyl (C=O) groups is 1. The third kappa shape index (κ3) is 39.4. The Bertz CT molecular complexity index is 127. The molecular formula is CH14NaO11P. The molecule has 11 nitrogen and oxygen atoms in total. The number of carbonyl (C=O) groups excluding carboxylic acids is 1. The average Bonchev–Trinajstić information content (AvgIpc) is 1.31. The largest absolute Gasteiger partial charge is 1.00 e. The average molecular weight is 256 g/mol. The minimum atomic E-state index is -4.93. The maximum absolute atomic E-state index is 9.36. The van der Waals surface area contributed by atoms with Crippen molar-refractivity contribution in [2.24, 2.45) is 0 Å². The summed E-state index contributed by atoms with van der Waals surface area (Å²) in [5.41, 5.74) is -2.34. The van der Waals surface area contributed by atoms with E-state index in [0.717, 1.165) is 0 Å². The van der Waals surface area contributed by atoms with Gasteiger partial charge in [0.1, 0.15) is 0 Å². The van der Waals surface area contributed by atoms with Crippen LogP contribution in [0.1, 0.15) is 0 Å². The molecule has 0 radical (unpaired) electrons. The fraction of sp³-hybridized carbons (Fsp3) is 0. The van der Waals surface area contributed by atoms with Crippen LogP contribution in [-0.4, -0.2) is 48.4 Å². The van der Waals surface area contributed by atoms with E-state index in [9.17, 15) is 4.57 Å². The van der Waals surface area contributed by atoms with Crippen LogP contribution in [0.15, 0.2) is 0 Å². The van der Waals surface area contributed by atoms with Gasteiger partial charge in [0.2, 0.25) is 0 Å². The van der Waals surface area contributed by atoms with E-state index in [1.54, 1.807) is 0 Å². The van der Waals surface area contributed by atoms with Gasteiger partial charge in [-0.3, -0.25) is 4.57 Å². The van der Waals surface area contributed by atoms with Crippen molar-refractivity contribution in [1.29, 1.82) is 0 Å². The predicted octanol–water partition coefficient (Wildman–Crippen LogP) is -9.44. The molecule has 0 atom stereocenters. The maximum Gasteiger partial charge on any atom is 1.00 e. The topological polar surface area (TPSA) is 287 Å². The van der Waals surface area contributed by atoms with Gasteiger partial charge < -0.3 is 52.5 Å². The second kappa shape index (κ2) is 23.3. The third-order valence-corrected chi connectivity index (χ3v) is 0.714. The van der Waals surface area contributed by atoms with E-state index in [1.807, 2.05) is 0 Å². The molecule has 0 heterocycles. The number of hydrogen-bond acceptors (Lipinski definition) is 3. The van der Waals surface area contributed by atoms with Crippen LogP contribution in [-0.2, 0) is 4.57 Å². The van der Waals surface area contributed by atoms with E-state index in [1.165, 1.54) is 0 Å². The van der Waals surface area contributed by atoms with Crippen LogP contribution in [0.5, 0.6) is 0 Å². The minimum Gasteiger partial charge on any atom is -0.538 e. The Hall–Kier alpha value is 0.380. The first-order valence-corrected chi connectivity index (χ1v) is 2.83.